The van der Waals surface area contributed by atoms with Gasteiger partial charge in [-0.2, -0.15) is 0 Å². The van der Waals surface area contributed by atoms with Gasteiger partial charge in [-0.15, -0.1) is 0 Å². The van der Waals surface area contributed by atoms with Gasteiger partial charge in [0.1, 0.15) is 11.9 Å². The molecule has 1 heterocycles. The van der Waals surface area contributed by atoms with Crippen LogP contribution in [-0.4, -0.2) is 5.78 Å². The van der Waals surface area contributed by atoms with Crippen molar-refractivity contribution in [2.24, 2.45) is 0 Å². The first-order valence-corrected chi connectivity index (χ1v) is 7.47. The Hall–Kier alpha value is -1.13. The Kier molecular flexibility index (Phi) is 3.46. The van der Waals surface area contributed by atoms with Crippen LogP contribution in [0, 0.1) is 0 Å². The van der Waals surface area contributed by atoms with E-state index < -0.39 is 0 Å². The van der Waals surface area contributed by atoms with Crippen LogP contribution in [0.4, 0.5) is 0 Å². The van der Waals surface area contributed by atoms with E-state index in [0.717, 1.165) is 14.5 Å². The van der Waals surface area contributed by atoms with E-state index in [1.165, 1.54) is 0 Å². The zero-order chi connectivity index (χ0) is 13.4. The first-order chi connectivity index (χ1) is 9.15. The molecule has 0 aromatic heterocycles. The van der Waals surface area contributed by atoms with Crippen LogP contribution in [0.1, 0.15) is 28.4 Å². The van der Waals surface area contributed by atoms with E-state index in [0.29, 0.717) is 17.7 Å². The maximum absolute atomic E-state index is 12.3. The molecule has 0 amide bonds. The molecule has 96 valence electrons. The lowest BCUT2D eigenvalue weighted by Gasteiger charge is -2.26. The molecule has 0 unspecified atom stereocenters. The van der Waals surface area contributed by atoms with Gasteiger partial charge in [0.2, 0.25) is 0 Å². The van der Waals surface area contributed by atoms with E-state index in [2.05, 4.69) is 31.9 Å². The minimum Gasteiger partial charge on any atom is -0.483 e. The maximum atomic E-state index is 12.3. The van der Waals surface area contributed by atoms with Crippen molar-refractivity contribution in [1.29, 1.82) is 0 Å². The molecule has 0 aliphatic carbocycles. The lowest BCUT2D eigenvalue weighted by atomic mass is 9.96. The molecule has 0 bridgehead atoms. The molecule has 3 rings (SSSR count). The second-order valence-corrected chi connectivity index (χ2v) is 6.18. The van der Waals surface area contributed by atoms with E-state index >= 15 is 0 Å². The van der Waals surface area contributed by atoms with Crippen LogP contribution in [0.3, 0.4) is 0 Å². The van der Waals surface area contributed by atoms with Crippen LogP contribution in [0.5, 0.6) is 5.75 Å². The predicted molar refractivity (Wildman–Crippen MR) is 80.6 cm³/mol. The molecule has 0 N–H and O–H groups in total. The molecule has 2 aromatic carbocycles. The summed E-state index contributed by atoms with van der Waals surface area (Å²) in [6.07, 6.45) is 0.165. The standard InChI is InChI=1S/C15H10Br2O2/c16-10-6-11-13(18)8-14(9-4-2-1-3-5-9)19-15(11)12(17)7-10/h1-7,14H,8H2/t14-/m0/s1. The molecule has 4 heteroatoms. The highest BCUT2D eigenvalue weighted by Crippen LogP contribution is 2.41. The van der Waals surface area contributed by atoms with Gasteiger partial charge >= 0.3 is 0 Å². The number of ketones is 1. The summed E-state index contributed by atoms with van der Waals surface area (Å²) < 4.78 is 7.65. The molecule has 0 radical (unpaired) electrons. The topological polar surface area (TPSA) is 26.3 Å². The van der Waals surface area contributed by atoms with Crippen molar-refractivity contribution in [2.45, 2.75) is 12.5 Å². The number of carbonyl (C=O) groups is 1. The Labute approximate surface area is 128 Å². The summed E-state index contributed by atoms with van der Waals surface area (Å²) in [5.74, 6) is 0.741. The third-order valence-corrected chi connectivity index (χ3v) is 4.16. The molecular weight excluding hydrogens is 372 g/mol. The van der Waals surface area contributed by atoms with Crippen LogP contribution < -0.4 is 4.74 Å². The fourth-order valence-corrected chi connectivity index (χ4v) is 3.52. The summed E-state index contributed by atoms with van der Waals surface area (Å²) in [6, 6.07) is 13.5. The average molecular weight is 382 g/mol. The molecule has 2 nitrogen and oxygen atoms in total. The Morgan fingerprint density at radius 1 is 1.11 bits per heavy atom. The molecule has 1 atom stereocenters. The van der Waals surface area contributed by atoms with Crippen molar-refractivity contribution < 1.29 is 9.53 Å². The number of halogens is 2. The Bertz CT molecular complexity index is 638. The van der Waals surface area contributed by atoms with Crippen molar-refractivity contribution in [1.82, 2.24) is 0 Å². The summed E-state index contributed by atoms with van der Waals surface area (Å²) in [7, 11) is 0. The van der Waals surface area contributed by atoms with Crippen LogP contribution in [0.25, 0.3) is 0 Å². The van der Waals surface area contributed by atoms with Crippen molar-refractivity contribution in [3.63, 3.8) is 0 Å². The smallest absolute Gasteiger partial charge is 0.170 e. The molecule has 19 heavy (non-hydrogen) atoms. The van der Waals surface area contributed by atoms with Crippen LogP contribution in [-0.2, 0) is 0 Å². The minimum atomic E-state index is -0.210. The molecule has 0 spiro atoms. The third-order valence-electron chi connectivity index (χ3n) is 3.11. The zero-order valence-electron chi connectivity index (χ0n) is 9.90. The molecule has 0 fully saturated rings. The van der Waals surface area contributed by atoms with Gasteiger partial charge in [-0.25, -0.2) is 0 Å². The van der Waals surface area contributed by atoms with Gasteiger partial charge < -0.3 is 4.74 Å². The predicted octanol–water partition coefficient (Wildman–Crippen LogP) is 4.92. The van der Waals surface area contributed by atoms with Gasteiger partial charge in [-0.3, -0.25) is 4.79 Å². The molecule has 1 aliphatic rings. The fraction of sp³-hybridized carbons (Fsp3) is 0.133. The molecule has 0 saturated carbocycles. The van der Waals surface area contributed by atoms with Gasteiger partial charge in [0.05, 0.1) is 16.5 Å². The average Bonchev–Trinajstić information content (AvgIpc) is 2.41. The Morgan fingerprint density at radius 3 is 2.58 bits per heavy atom. The number of fused-ring (bicyclic) bond motifs is 1. The van der Waals surface area contributed by atoms with Crippen molar-refractivity contribution in [3.8, 4) is 5.75 Å². The minimum absolute atomic E-state index is 0.108. The number of hydrogen-bond acceptors (Lipinski definition) is 2. The van der Waals surface area contributed by atoms with Crippen LogP contribution in [0.2, 0.25) is 0 Å². The third kappa shape index (κ3) is 2.47. The normalized spacial score (nSPS) is 17.8. The first kappa shape index (κ1) is 12.9. The molecule has 1 aliphatic heterocycles. The van der Waals surface area contributed by atoms with Gasteiger partial charge in [0.15, 0.2) is 5.78 Å². The number of rotatable bonds is 1. The SMILES string of the molecule is O=C1C[C@@H](c2ccccc2)Oc2c(Br)cc(Br)cc21. The number of carbonyl (C=O) groups excluding carboxylic acids is 1. The van der Waals surface area contributed by atoms with E-state index in [1.54, 1.807) is 0 Å². The summed E-state index contributed by atoms with van der Waals surface area (Å²) >= 11 is 6.84. The highest BCUT2D eigenvalue weighted by molar-refractivity contribution is 9.11. The van der Waals surface area contributed by atoms with Crippen molar-refractivity contribution >= 4 is 37.6 Å². The fourth-order valence-electron chi connectivity index (χ4n) is 2.20. The second kappa shape index (κ2) is 5.10. The second-order valence-electron chi connectivity index (χ2n) is 4.41. The summed E-state index contributed by atoms with van der Waals surface area (Å²) in [4.78, 5) is 12.3. The van der Waals surface area contributed by atoms with E-state index in [4.69, 9.17) is 4.74 Å². The number of Topliss-reactive ketones (excluding diaryl/α,β-unsaturated/α-hetero) is 1. The van der Waals surface area contributed by atoms with Crippen molar-refractivity contribution in [2.75, 3.05) is 0 Å². The summed E-state index contributed by atoms with van der Waals surface area (Å²) in [5, 5.41) is 0. The van der Waals surface area contributed by atoms with Gasteiger partial charge in [0, 0.05) is 4.47 Å². The molecule has 2 aromatic rings. The van der Waals surface area contributed by atoms with Crippen LogP contribution in [0.15, 0.2) is 51.4 Å². The maximum Gasteiger partial charge on any atom is 0.170 e. The highest BCUT2D eigenvalue weighted by Gasteiger charge is 2.29. The van der Waals surface area contributed by atoms with E-state index in [9.17, 15) is 4.79 Å². The zero-order valence-corrected chi connectivity index (χ0v) is 13.1. The quantitative estimate of drug-likeness (QED) is 0.700. The van der Waals surface area contributed by atoms with Gasteiger partial charge in [-0.1, -0.05) is 46.3 Å². The van der Waals surface area contributed by atoms with Crippen LogP contribution >= 0.6 is 31.9 Å². The number of ether oxygens (including phenoxy) is 1. The first-order valence-electron chi connectivity index (χ1n) is 5.89. The highest BCUT2D eigenvalue weighted by atomic mass is 79.9. The van der Waals surface area contributed by atoms with E-state index in [-0.39, 0.29) is 11.9 Å². The van der Waals surface area contributed by atoms with Crippen molar-refractivity contribution in [3.05, 3.63) is 62.5 Å². The van der Waals surface area contributed by atoms with Gasteiger partial charge in [-0.05, 0) is 33.6 Å². The Balaban J connectivity index is 2.03. The number of benzene rings is 2. The lowest BCUT2D eigenvalue weighted by molar-refractivity contribution is 0.0848. The molecule has 0 saturated heterocycles. The monoisotopic (exact) mass is 380 g/mol. The van der Waals surface area contributed by atoms with Gasteiger partial charge in [0.25, 0.3) is 0 Å². The summed E-state index contributed by atoms with van der Waals surface area (Å²) in [5.41, 5.74) is 1.66. The lowest BCUT2D eigenvalue weighted by Crippen LogP contribution is -2.20. The largest absolute Gasteiger partial charge is 0.483 e. The van der Waals surface area contributed by atoms with E-state index in [1.807, 2.05) is 42.5 Å². The number of hydrogen-bond donors (Lipinski definition) is 0. The summed E-state index contributed by atoms with van der Waals surface area (Å²) in [6.45, 7) is 0. The Morgan fingerprint density at radius 2 is 1.84 bits per heavy atom. The molecular formula is C15H10Br2O2.